The third-order valence-electron chi connectivity index (χ3n) is 3.12. The Morgan fingerprint density at radius 3 is 2.84 bits per heavy atom. The molecule has 1 aromatic carbocycles. The van der Waals surface area contributed by atoms with Crippen molar-refractivity contribution >= 4 is 11.6 Å². The van der Waals surface area contributed by atoms with Gasteiger partial charge in [-0.05, 0) is 36.8 Å². The molecule has 1 atom stereocenters. The SMILES string of the molecule is COc1ccc(Cl)cc1C(N)Cc1ncccc1C. The summed E-state index contributed by atoms with van der Waals surface area (Å²) in [7, 11) is 1.63. The Bertz CT molecular complexity index is 572. The Labute approximate surface area is 118 Å². The van der Waals surface area contributed by atoms with Gasteiger partial charge >= 0.3 is 0 Å². The molecule has 1 unspecified atom stereocenters. The van der Waals surface area contributed by atoms with E-state index in [9.17, 15) is 0 Å². The minimum atomic E-state index is -0.192. The number of halogens is 1. The van der Waals surface area contributed by atoms with E-state index in [2.05, 4.69) is 4.98 Å². The minimum absolute atomic E-state index is 0.192. The first-order chi connectivity index (χ1) is 9.11. The standard InChI is InChI=1S/C15H17ClN2O/c1-10-4-3-7-18-14(10)9-13(17)12-8-11(16)5-6-15(12)19-2/h3-8,13H,9,17H2,1-2H3. The predicted octanol–water partition coefficient (Wildman–Crippen LogP) is 3.29. The zero-order valence-electron chi connectivity index (χ0n) is 11.1. The maximum absolute atomic E-state index is 6.26. The molecule has 3 nitrogen and oxygen atoms in total. The van der Waals surface area contributed by atoms with Crippen molar-refractivity contribution in [2.24, 2.45) is 5.73 Å². The molecule has 4 heteroatoms. The summed E-state index contributed by atoms with van der Waals surface area (Å²) in [5.74, 6) is 0.755. The lowest BCUT2D eigenvalue weighted by atomic mass is 9.99. The average molecular weight is 277 g/mol. The van der Waals surface area contributed by atoms with Gasteiger partial charge in [0.1, 0.15) is 5.75 Å². The van der Waals surface area contributed by atoms with Crippen LogP contribution in [0.25, 0.3) is 0 Å². The van der Waals surface area contributed by atoms with Gasteiger partial charge < -0.3 is 10.5 Å². The maximum atomic E-state index is 6.26. The average Bonchev–Trinajstić information content (AvgIpc) is 2.41. The molecule has 0 saturated carbocycles. The van der Waals surface area contributed by atoms with Gasteiger partial charge in [-0.3, -0.25) is 4.98 Å². The quantitative estimate of drug-likeness (QED) is 0.932. The molecule has 0 amide bonds. The van der Waals surface area contributed by atoms with Crippen LogP contribution in [0.15, 0.2) is 36.5 Å². The third kappa shape index (κ3) is 3.25. The van der Waals surface area contributed by atoms with Crippen LogP contribution in [-0.4, -0.2) is 12.1 Å². The van der Waals surface area contributed by atoms with E-state index in [4.69, 9.17) is 22.1 Å². The molecule has 0 radical (unpaired) electrons. The van der Waals surface area contributed by atoms with Gasteiger partial charge in [0.25, 0.3) is 0 Å². The summed E-state index contributed by atoms with van der Waals surface area (Å²) < 4.78 is 5.33. The fourth-order valence-electron chi connectivity index (χ4n) is 2.05. The molecular weight excluding hydrogens is 260 g/mol. The number of methoxy groups -OCH3 is 1. The molecule has 0 aliphatic carbocycles. The molecule has 1 aromatic heterocycles. The molecule has 0 aliphatic rings. The minimum Gasteiger partial charge on any atom is -0.496 e. The lowest BCUT2D eigenvalue weighted by molar-refractivity contribution is 0.405. The fourth-order valence-corrected chi connectivity index (χ4v) is 2.23. The van der Waals surface area contributed by atoms with E-state index in [1.807, 2.05) is 31.2 Å². The van der Waals surface area contributed by atoms with Gasteiger partial charge in [-0.2, -0.15) is 0 Å². The number of benzene rings is 1. The normalized spacial score (nSPS) is 12.2. The van der Waals surface area contributed by atoms with E-state index < -0.39 is 0 Å². The summed E-state index contributed by atoms with van der Waals surface area (Å²) in [5.41, 5.74) is 9.30. The molecule has 0 fully saturated rings. The number of aromatic nitrogens is 1. The molecule has 0 saturated heterocycles. The smallest absolute Gasteiger partial charge is 0.123 e. The monoisotopic (exact) mass is 276 g/mol. The van der Waals surface area contributed by atoms with Crippen molar-refractivity contribution in [3.63, 3.8) is 0 Å². The second-order valence-electron chi connectivity index (χ2n) is 4.46. The predicted molar refractivity (Wildman–Crippen MR) is 77.6 cm³/mol. The highest BCUT2D eigenvalue weighted by atomic mass is 35.5. The maximum Gasteiger partial charge on any atom is 0.123 e. The first-order valence-corrected chi connectivity index (χ1v) is 6.49. The molecule has 1 heterocycles. The number of rotatable bonds is 4. The zero-order valence-corrected chi connectivity index (χ0v) is 11.8. The van der Waals surface area contributed by atoms with Crippen molar-refractivity contribution in [2.75, 3.05) is 7.11 Å². The summed E-state index contributed by atoms with van der Waals surface area (Å²) >= 11 is 6.03. The van der Waals surface area contributed by atoms with Crippen molar-refractivity contribution < 1.29 is 4.74 Å². The van der Waals surface area contributed by atoms with Crippen LogP contribution >= 0.6 is 11.6 Å². The number of pyridine rings is 1. The number of hydrogen-bond donors (Lipinski definition) is 1. The largest absolute Gasteiger partial charge is 0.496 e. The van der Waals surface area contributed by atoms with Gasteiger partial charge in [0.05, 0.1) is 7.11 Å². The number of nitrogens with two attached hydrogens (primary N) is 1. The van der Waals surface area contributed by atoms with Gasteiger partial charge in [0.2, 0.25) is 0 Å². The molecular formula is C15H17ClN2O. The van der Waals surface area contributed by atoms with Crippen molar-refractivity contribution in [1.82, 2.24) is 4.98 Å². The number of nitrogens with zero attached hydrogens (tertiary/aromatic N) is 1. The van der Waals surface area contributed by atoms with Crippen LogP contribution in [0.1, 0.15) is 22.9 Å². The van der Waals surface area contributed by atoms with Crippen molar-refractivity contribution in [1.29, 1.82) is 0 Å². The molecule has 2 aromatic rings. The third-order valence-corrected chi connectivity index (χ3v) is 3.36. The van der Waals surface area contributed by atoms with E-state index in [1.54, 1.807) is 19.4 Å². The zero-order chi connectivity index (χ0) is 13.8. The van der Waals surface area contributed by atoms with E-state index in [0.29, 0.717) is 11.4 Å². The molecule has 0 bridgehead atoms. The van der Waals surface area contributed by atoms with Crippen LogP contribution in [0.3, 0.4) is 0 Å². The van der Waals surface area contributed by atoms with Gasteiger partial charge in [-0.1, -0.05) is 17.7 Å². The Balaban J connectivity index is 2.27. The Hall–Kier alpha value is -1.58. The number of ether oxygens (including phenoxy) is 1. The lowest BCUT2D eigenvalue weighted by Gasteiger charge is -2.16. The molecule has 100 valence electrons. The fraction of sp³-hybridized carbons (Fsp3) is 0.267. The molecule has 2 rings (SSSR count). The summed E-state index contributed by atoms with van der Waals surface area (Å²) in [4.78, 5) is 4.37. The highest BCUT2D eigenvalue weighted by Gasteiger charge is 2.14. The van der Waals surface area contributed by atoms with Crippen LogP contribution in [0.2, 0.25) is 5.02 Å². The highest BCUT2D eigenvalue weighted by Crippen LogP contribution is 2.29. The molecule has 19 heavy (non-hydrogen) atoms. The number of aryl methyl sites for hydroxylation is 1. The summed E-state index contributed by atoms with van der Waals surface area (Å²) in [5, 5.41) is 0.656. The highest BCUT2D eigenvalue weighted by molar-refractivity contribution is 6.30. The first-order valence-electron chi connectivity index (χ1n) is 6.11. The van der Waals surface area contributed by atoms with Crippen LogP contribution in [0.5, 0.6) is 5.75 Å². The lowest BCUT2D eigenvalue weighted by Crippen LogP contribution is -2.16. The van der Waals surface area contributed by atoms with Crippen molar-refractivity contribution in [2.45, 2.75) is 19.4 Å². The van der Waals surface area contributed by atoms with Crippen molar-refractivity contribution in [3.05, 3.63) is 58.4 Å². The van der Waals surface area contributed by atoms with Crippen LogP contribution < -0.4 is 10.5 Å². The van der Waals surface area contributed by atoms with Gasteiger partial charge in [0, 0.05) is 34.9 Å². The summed E-state index contributed by atoms with van der Waals surface area (Å²) in [6, 6.07) is 9.24. The van der Waals surface area contributed by atoms with Crippen LogP contribution in [0, 0.1) is 6.92 Å². The molecule has 0 aliphatic heterocycles. The van der Waals surface area contributed by atoms with Gasteiger partial charge in [0.15, 0.2) is 0 Å². The Morgan fingerprint density at radius 1 is 1.37 bits per heavy atom. The van der Waals surface area contributed by atoms with Gasteiger partial charge in [-0.25, -0.2) is 0 Å². The summed E-state index contributed by atoms with van der Waals surface area (Å²) in [6.45, 7) is 2.03. The van der Waals surface area contributed by atoms with E-state index >= 15 is 0 Å². The molecule has 0 spiro atoms. The molecule has 2 N–H and O–H groups in total. The van der Waals surface area contributed by atoms with Crippen LogP contribution in [-0.2, 0) is 6.42 Å². The van der Waals surface area contributed by atoms with E-state index in [0.717, 1.165) is 22.6 Å². The van der Waals surface area contributed by atoms with Crippen LogP contribution in [0.4, 0.5) is 0 Å². The Morgan fingerprint density at radius 2 is 2.16 bits per heavy atom. The second-order valence-corrected chi connectivity index (χ2v) is 4.90. The Kier molecular flexibility index (Phi) is 4.40. The van der Waals surface area contributed by atoms with E-state index in [-0.39, 0.29) is 6.04 Å². The first kappa shape index (κ1) is 13.8. The second kappa shape index (κ2) is 6.04. The van der Waals surface area contributed by atoms with E-state index in [1.165, 1.54) is 0 Å². The topological polar surface area (TPSA) is 48.1 Å². The summed E-state index contributed by atoms with van der Waals surface area (Å²) in [6.07, 6.45) is 2.44. The van der Waals surface area contributed by atoms with Gasteiger partial charge in [-0.15, -0.1) is 0 Å². The van der Waals surface area contributed by atoms with Crippen molar-refractivity contribution in [3.8, 4) is 5.75 Å². The number of hydrogen-bond acceptors (Lipinski definition) is 3.